The Morgan fingerprint density at radius 2 is 2.00 bits per heavy atom. The number of fused-ring (bicyclic) bond motifs is 1. The predicted molar refractivity (Wildman–Crippen MR) is 81.6 cm³/mol. The van der Waals surface area contributed by atoms with E-state index in [9.17, 15) is 5.11 Å². The van der Waals surface area contributed by atoms with E-state index in [-0.39, 0.29) is 6.04 Å². The van der Waals surface area contributed by atoms with Crippen molar-refractivity contribution >= 4 is 0 Å². The van der Waals surface area contributed by atoms with E-state index in [1.165, 1.54) is 5.56 Å². The maximum atomic E-state index is 10.7. The van der Waals surface area contributed by atoms with Gasteiger partial charge in [0, 0.05) is 19.8 Å². The van der Waals surface area contributed by atoms with Crippen LogP contribution in [0.3, 0.4) is 0 Å². The first-order chi connectivity index (χ1) is 10.2. The second kappa shape index (κ2) is 6.34. The van der Waals surface area contributed by atoms with Gasteiger partial charge in [-0.3, -0.25) is 4.90 Å². The van der Waals surface area contributed by atoms with Crippen LogP contribution in [0.25, 0.3) is 0 Å². The van der Waals surface area contributed by atoms with Gasteiger partial charge < -0.3 is 14.6 Å². The van der Waals surface area contributed by atoms with E-state index in [0.717, 1.165) is 50.3 Å². The first-order valence-corrected chi connectivity index (χ1v) is 7.80. The minimum Gasteiger partial charge on any atom is -0.497 e. The third kappa shape index (κ3) is 2.93. The van der Waals surface area contributed by atoms with Crippen LogP contribution in [0.2, 0.25) is 0 Å². The molecule has 1 saturated heterocycles. The van der Waals surface area contributed by atoms with Crippen molar-refractivity contribution in [2.75, 3.05) is 33.9 Å². The molecule has 21 heavy (non-hydrogen) atoms. The highest BCUT2D eigenvalue weighted by atomic mass is 16.5. The summed E-state index contributed by atoms with van der Waals surface area (Å²) >= 11 is 0. The van der Waals surface area contributed by atoms with Crippen molar-refractivity contribution < 1.29 is 14.6 Å². The topological polar surface area (TPSA) is 41.9 Å². The molecule has 4 nitrogen and oxygen atoms in total. The highest BCUT2D eigenvalue weighted by Gasteiger charge is 2.36. The Kier molecular flexibility index (Phi) is 4.48. The van der Waals surface area contributed by atoms with E-state index < -0.39 is 6.10 Å². The first-order valence-electron chi connectivity index (χ1n) is 7.80. The smallest absolute Gasteiger partial charge is 0.119 e. The molecule has 0 saturated carbocycles. The molecule has 2 aliphatic rings. The molecule has 1 N–H and O–H groups in total. The lowest BCUT2D eigenvalue weighted by atomic mass is 9.95. The van der Waals surface area contributed by atoms with E-state index in [4.69, 9.17) is 9.47 Å². The number of rotatable bonds is 4. The summed E-state index contributed by atoms with van der Waals surface area (Å²) in [5, 5.41) is 10.7. The molecule has 1 aromatic rings. The van der Waals surface area contributed by atoms with Gasteiger partial charge in [0.25, 0.3) is 0 Å². The Labute approximate surface area is 126 Å². The number of likely N-dealkylation sites (tertiary alicyclic amines) is 1. The lowest BCUT2D eigenvalue weighted by Crippen LogP contribution is -2.44. The van der Waals surface area contributed by atoms with Gasteiger partial charge in [-0.25, -0.2) is 0 Å². The number of ether oxygens (including phenoxy) is 2. The molecule has 0 amide bonds. The highest BCUT2D eigenvalue weighted by molar-refractivity contribution is 5.41. The van der Waals surface area contributed by atoms with Crippen molar-refractivity contribution in [2.45, 2.75) is 31.4 Å². The summed E-state index contributed by atoms with van der Waals surface area (Å²) in [5.74, 6) is 1.50. The van der Waals surface area contributed by atoms with Crippen LogP contribution in [-0.2, 0) is 11.2 Å². The minimum atomic E-state index is -0.394. The summed E-state index contributed by atoms with van der Waals surface area (Å²) < 4.78 is 10.5. The van der Waals surface area contributed by atoms with Crippen molar-refractivity contribution in [3.8, 4) is 5.75 Å². The van der Waals surface area contributed by atoms with Crippen LogP contribution in [0, 0.1) is 5.92 Å². The minimum absolute atomic E-state index is 0.218. The first kappa shape index (κ1) is 14.8. The SMILES string of the molecule is COCC1CCN(C2Cc3ccc(OC)cc3C2O)CC1. The number of hydrogen-bond acceptors (Lipinski definition) is 4. The van der Waals surface area contributed by atoms with Crippen LogP contribution in [0.4, 0.5) is 0 Å². The molecule has 0 bridgehead atoms. The van der Waals surface area contributed by atoms with E-state index in [2.05, 4.69) is 11.0 Å². The fourth-order valence-electron chi connectivity index (χ4n) is 3.72. The summed E-state index contributed by atoms with van der Waals surface area (Å²) in [6, 6.07) is 6.28. The average Bonchev–Trinajstić information content (AvgIpc) is 2.85. The summed E-state index contributed by atoms with van der Waals surface area (Å²) in [4.78, 5) is 2.45. The third-order valence-electron chi connectivity index (χ3n) is 4.99. The molecule has 116 valence electrons. The number of benzene rings is 1. The summed E-state index contributed by atoms with van der Waals surface area (Å²) in [5.41, 5.74) is 2.30. The number of hydrogen-bond donors (Lipinski definition) is 1. The molecule has 2 unspecified atom stereocenters. The third-order valence-corrected chi connectivity index (χ3v) is 4.99. The van der Waals surface area contributed by atoms with Gasteiger partial charge in [0.2, 0.25) is 0 Å². The van der Waals surface area contributed by atoms with E-state index in [1.54, 1.807) is 14.2 Å². The molecule has 3 rings (SSSR count). The Bertz CT molecular complexity index is 483. The average molecular weight is 291 g/mol. The number of methoxy groups -OCH3 is 2. The van der Waals surface area contributed by atoms with Gasteiger partial charge in [0.1, 0.15) is 5.75 Å². The van der Waals surface area contributed by atoms with Gasteiger partial charge in [0.05, 0.1) is 13.2 Å². The summed E-state index contributed by atoms with van der Waals surface area (Å²) in [7, 11) is 3.44. The Hall–Kier alpha value is -1.10. The van der Waals surface area contributed by atoms with Gasteiger partial charge >= 0.3 is 0 Å². The molecule has 4 heteroatoms. The summed E-state index contributed by atoms with van der Waals surface area (Å²) in [6.45, 7) is 2.97. The molecular formula is C17H25NO3. The van der Waals surface area contributed by atoms with Crippen LogP contribution < -0.4 is 4.74 Å². The van der Waals surface area contributed by atoms with Gasteiger partial charge in [-0.1, -0.05) is 6.07 Å². The lowest BCUT2D eigenvalue weighted by molar-refractivity contribution is 0.0264. The van der Waals surface area contributed by atoms with Gasteiger partial charge in [-0.15, -0.1) is 0 Å². The normalized spacial score (nSPS) is 26.8. The zero-order chi connectivity index (χ0) is 14.8. The van der Waals surface area contributed by atoms with Crippen LogP contribution in [-0.4, -0.2) is 50.0 Å². The Balaban J connectivity index is 1.66. The largest absolute Gasteiger partial charge is 0.497 e. The Morgan fingerprint density at radius 1 is 1.24 bits per heavy atom. The van der Waals surface area contributed by atoms with Crippen molar-refractivity contribution in [3.63, 3.8) is 0 Å². The molecule has 1 aromatic carbocycles. The van der Waals surface area contributed by atoms with Crippen LogP contribution in [0.15, 0.2) is 18.2 Å². The molecule has 2 atom stereocenters. The zero-order valence-electron chi connectivity index (χ0n) is 12.9. The van der Waals surface area contributed by atoms with Crippen molar-refractivity contribution in [1.82, 2.24) is 4.90 Å². The van der Waals surface area contributed by atoms with Gasteiger partial charge in [-0.2, -0.15) is 0 Å². The van der Waals surface area contributed by atoms with Crippen LogP contribution >= 0.6 is 0 Å². The fraction of sp³-hybridized carbons (Fsp3) is 0.647. The fourth-order valence-corrected chi connectivity index (χ4v) is 3.72. The zero-order valence-corrected chi connectivity index (χ0v) is 12.9. The number of piperidine rings is 1. The number of aliphatic hydroxyl groups is 1. The van der Waals surface area contributed by atoms with Crippen LogP contribution in [0.1, 0.15) is 30.1 Å². The second-order valence-corrected chi connectivity index (χ2v) is 6.22. The maximum absolute atomic E-state index is 10.7. The number of aliphatic hydroxyl groups excluding tert-OH is 1. The van der Waals surface area contributed by atoms with Gasteiger partial charge in [0.15, 0.2) is 0 Å². The second-order valence-electron chi connectivity index (χ2n) is 6.22. The van der Waals surface area contributed by atoms with E-state index >= 15 is 0 Å². The molecule has 0 spiro atoms. The molecule has 0 aromatic heterocycles. The molecule has 1 fully saturated rings. The number of nitrogens with zero attached hydrogens (tertiary/aromatic N) is 1. The van der Waals surface area contributed by atoms with Gasteiger partial charge in [-0.05, 0) is 61.5 Å². The standard InChI is InChI=1S/C17H25NO3/c1-20-11-12-5-7-18(8-6-12)16-9-13-3-4-14(21-2)10-15(13)17(16)19/h3-4,10,12,16-17,19H,5-9,11H2,1-2H3. The van der Waals surface area contributed by atoms with Crippen molar-refractivity contribution in [3.05, 3.63) is 29.3 Å². The molecular weight excluding hydrogens is 266 g/mol. The predicted octanol–water partition coefficient (Wildman–Crippen LogP) is 2.01. The maximum Gasteiger partial charge on any atom is 0.119 e. The molecule has 0 radical (unpaired) electrons. The molecule has 1 heterocycles. The molecule has 1 aliphatic carbocycles. The lowest BCUT2D eigenvalue weighted by Gasteiger charge is -2.37. The summed E-state index contributed by atoms with van der Waals surface area (Å²) in [6.07, 6.45) is 2.87. The van der Waals surface area contributed by atoms with Crippen molar-refractivity contribution in [1.29, 1.82) is 0 Å². The Morgan fingerprint density at radius 3 is 2.67 bits per heavy atom. The van der Waals surface area contributed by atoms with E-state index in [1.807, 2.05) is 12.1 Å². The van der Waals surface area contributed by atoms with Crippen LogP contribution in [0.5, 0.6) is 5.75 Å². The van der Waals surface area contributed by atoms with E-state index in [0.29, 0.717) is 5.92 Å². The highest BCUT2D eigenvalue weighted by Crippen LogP contribution is 2.37. The molecule has 1 aliphatic heterocycles. The van der Waals surface area contributed by atoms with Crippen molar-refractivity contribution in [2.24, 2.45) is 5.92 Å². The quantitative estimate of drug-likeness (QED) is 0.921. The monoisotopic (exact) mass is 291 g/mol.